The van der Waals surface area contributed by atoms with Gasteiger partial charge in [-0.1, -0.05) is 12.1 Å². The summed E-state index contributed by atoms with van der Waals surface area (Å²) >= 11 is 0. The van der Waals surface area contributed by atoms with Crippen LogP contribution in [-0.2, 0) is 0 Å². The second-order valence-corrected chi connectivity index (χ2v) is 7.18. The van der Waals surface area contributed by atoms with E-state index in [1.165, 1.54) is 0 Å². The fourth-order valence-electron chi connectivity index (χ4n) is 3.39. The van der Waals surface area contributed by atoms with E-state index in [4.69, 9.17) is 4.74 Å². The van der Waals surface area contributed by atoms with Gasteiger partial charge in [-0.2, -0.15) is 0 Å². The normalized spacial score (nSPS) is 10.8. The lowest BCUT2D eigenvalue weighted by Crippen LogP contribution is -1.99. The molecule has 0 spiro atoms. The molecule has 5 rings (SSSR count). The van der Waals surface area contributed by atoms with Gasteiger partial charge >= 0.3 is 0 Å². The van der Waals surface area contributed by atoms with E-state index in [0.717, 1.165) is 33.5 Å². The quantitative estimate of drug-likeness (QED) is 0.341. The number of aromatic amines is 1. The third-order valence-electron chi connectivity index (χ3n) is 4.98. The van der Waals surface area contributed by atoms with Gasteiger partial charge in [0.05, 0.1) is 22.3 Å². The van der Waals surface area contributed by atoms with Crippen LogP contribution in [0.15, 0.2) is 73.1 Å². The molecule has 0 bridgehead atoms. The molecule has 0 aliphatic heterocycles. The van der Waals surface area contributed by atoms with Crippen molar-refractivity contribution in [3.05, 3.63) is 78.6 Å². The van der Waals surface area contributed by atoms with Crippen molar-refractivity contribution in [2.45, 2.75) is 6.92 Å². The maximum atomic E-state index is 6.13. The highest BCUT2D eigenvalue weighted by molar-refractivity contribution is 5.78. The second kappa shape index (κ2) is 8.35. The molecule has 0 unspecified atom stereocenters. The summed E-state index contributed by atoms with van der Waals surface area (Å²) in [5, 5.41) is 6.29. The molecular weight excluding hydrogens is 402 g/mol. The lowest BCUT2D eigenvalue weighted by atomic mass is 10.2. The number of nitrogens with one attached hydrogen (secondary N) is 3. The molecule has 3 N–H and O–H groups in total. The SMILES string of the molecule is CNc1nccc(-c2cccnc2Oc2ccc(Nc3nc4ccccc4[nH]3)c(C)c2)n1. The zero-order valence-electron chi connectivity index (χ0n) is 17.6. The molecule has 158 valence electrons. The Kier molecular flexibility index (Phi) is 5.09. The highest BCUT2D eigenvalue weighted by Crippen LogP contribution is 2.32. The Bertz CT molecular complexity index is 1360. The minimum Gasteiger partial charge on any atom is -0.438 e. The van der Waals surface area contributed by atoms with E-state index >= 15 is 0 Å². The fraction of sp³-hybridized carbons (Fsp3) is 0.0833. The predicted molar refractivity (Wildman–Crippen MR) is 125 cm³/mol. The van der Waals surface area contributed by atoms with Gasteiger partial charge in [-0.25, -0.2) is 19.9 Å². The number of aryl methyl sites for hydroxylation is 1. The van der Waals surface area contributed by atoms with Crippen molar-refractivity contribution in [2.75, 3.05) is 17.7 Å². The summed E-state index contributed by atoms with van der Waals surface area (Å²) in [6, 6.07) is 19.4. The zero-order chi connectivity index (χ0) is 21.9. The standard InChI is InChI=1S/C24H21N7O/c1-15-14-16(9-10-18(15)28-24-30-20-7-3-4-8-21(20)31-24)32-22-17(6-5-12-26-22)19-11-13-27-23(25-2)29-19/h3-14H,1-2H3,(H,25,27,29)(H2,28,30,31). The minimum absolute atomic E-state index is 0.477. The first-order chi connectivity index (χ1) is 15.7. The summed E-state index contributed by atoms with van der Waals surface area (Å²) < 4.78 is 6.13. The topological polar surface area (TPSA) is 101 Å². The van der Waals surface area contributed by atoms with E-state index in [9.17, 15) is 0 Å². The first kappa shape index (κ1) is 19.5. The number of pyridine rings is 1. The molecule has 32 heavy (non-hydrogen) atoms. The third-order valence-corrected chi connectivity index (χ3v) is 4.98. The summed E-state index contributed by atoms with van der Waals surface area (Å²) in [7, 11) is 1.78. The van der Waals surface area contributed by atoms with Crippen molar-refractivity contribution in [1.82, 2.24) is 24.9 Å². The summed E-state index contributed by atoms with van der Waals surface area (Å²) in [6.07, 6.45) is 3.40. The first-order valence-corrected chi connectivity index (χ1v) is 10.2. The molecule has 2 aromatic carbocycles. The van der Waals surface area contributed by atoms with Crippen LogP contribution in [0, 0.1) is 6.92 Å². The summed E-state index contributed by atoms with van der Waals surface area (Å²) in [6.45, 7) is 2.01. The second-order valence-electron chi connectivity index (χ2n) is 7.18. The monoisotopic (exact) mass is 423 g/mol. The van der Waals surface area contributed by atoms with Gasteiger partial charge in [0.1, 0.15) is 5.75 Å². The maximum Gasteiger partial charge on any atom is 0.228 e. The molecule has 8 heteroatoms. The Balaban J connectivity index is 1.39. The third kappa shape index (κ3) is 3.93. The average molecular weight is 423 g/mol. The van der Waals surface area contributed by atoms with Crippen LogP contribution in [-0.4, -0.2) is 32.0 Å². The van der Waals surface area contributed by atoms with Crippen LogP contribution in [0.25, 0.3) is 22.3 Å². The summed E-state index contributed by atoms with van der Waals surface area (Å²) in [5.41, 5.74) is 5.37. The van der Waals surface area contributed by atoms with Crippen molar-refractivity contribution in [2.24, 2.45) is 0 Å². The number of hydrogen-bond donors (Lipinski definition) is 3. The number of imidazole rings is 1. The molecule has 0 saturated carbocycles. The molecule has 0 aliphatic rings. The van der Waals surface area contributed by atoms with E-state index in [-0.39, 0.29) is 0 Å². The van der Waals surface area contributed by atoms with Crippen molar-refractivity contribution >= 4 is 28.6 Å². The minimum atomic E-state index is 0.477. The van der Waals surface area contributed by atoms with E-state index in [0.29, 0.717) is 23.5 Å². The molecule has 3 aromatic heterocycles. The number of aromatic nitrogens is 5. The largest absolute Gasteiger partial charge is 0.438 e. The summed E-state index contributed by atoms with van der Waals surface area (Å²) in [4.78, 5) is 20.9. The van der Waals surface area contributed by atoms with Gasteiger partial charge in [-0.15, -0.1) is 0 Å². The molecular formula is C24H21N7O. The maximum absolute atomic E-state index is 6.13. The van der Waals surface area contributed by atoms with Crippen molar-refractivity contribution < 1.29 is 4.74 Å². The molecule has 0 amide bonds. The van der Waals surface area contributed by atoms with Crippen LogP contribution in [0.1, 0.15) is 5.56 Å². The highest BCUT2D eigenvalue weighted by atomic mass is 16.5. The molecule has 5 aromatic rings. The number of nitrogens with zero attached hydrogens (tertiary/aromatic N) is 4. The molecule has 8 nitrogen and oxygen atoms in total. The number of anilines is 3. The lowest BCUT2D eigenvalue weighted by Gasteiger charge is -2.12. The van der Waals surface area contributed by atoms with Crippen LogP contribution >= 0.6 is 0 Å². The number of fused-ring (bicyclic) bond motifs is 1. The van der Waals surface area contributed by atoms with Crippen LogP contribution in [0.5, 0.6) is 11.6 Å². The smallest absolute Gasteiger partial charge is 0.228 e. The number of para-hydroxylation sites is 2. The van der Waals surface area contributed by atoms with E-state index in [1.54, 1.807) is 19.4 Å². The van der Waals surface area contributed by atoms with Gasteiger partial charge < -0.3 is 20.4 Å². The van der Waals surface area contributed by atoms with Crippen LogP contribution in [0.2, 0.25) is 0 Å². The van der Waals surface area contributed by atoms with E-state index in [2.05, 4.69) is 35.6 Å². The van der Waals surface area contributed by atoms with Crippen molar-refractivity contribution in [3.63, 3.8) is 0 Å². The van der Waals surface area contributed by atoms with E-state index in [1.807, 2.05) is 67.6 Å². The average Bonchev–Trinajstić information content (AvgIpc) is 3.24. The Morgan fingerprint density at radius 3 is 2.66 bits per heavy atom. The number of H-pyrrole nitrogens is 1. The van der Waals surface area contributed by atoms with E-state index < -0.39 is 0 Å². The van der Waals surface area contributed by atoms with Crippen molar-refractivity contribution in [1.29, 1.82) is 0 Å². The highest BCUT2D eigenvalue weighted by Gasteiger charge is 2.12. The molecule has 3 heterocycles. The molecule has 0 fully saturated rings. The Labute approximate surface area is 184 Å². The Morgan fingerprint density at radius 2 is 1.81 bits per heavy atom. The van der Waals surface area contributed by atoms with Gasteiger partial charge in [-0.3, -0.25) is 0 Å². The van der Waals surface area contributed by atoms with Crippen LogP contribution in [0.4, 0.5) is 17.6 Å². The first-order valence-electron chi connectivity index (χ1n) is 10.2. The molecule has 0 aliphatic carbocycles. The van der Waals surface area contributed by atoms with Gasteiger partial charge in [0.15, 0.2) is 0 Å². The summed E-state index contributed by atoms with van der Waals surface area (Å²) in [5.74, 6) is 2.39. The molecule has 0 radical (unpaired) electrons. The number of benzene rings is 2. The number of rotatable bonds is 6. The molecule has 0 saturated heterocycles. The number of ether oxygens (including phenoxy) is 1. The number of hydrogen-bond acceptors (Lipinski definition) is 7. The van der Waals surface area contributed by atoms with Crippen LogP contribution in [0.3, 0.4) is 0 Å². The van der Waals surface area contributed by atoms with Crippen molar-refractivity contribution in [3.8, 4) is 22.9 Å². The lowest BCUT2D eigenvalue weighted by molar-refractivity contribution is 0.464. The Morgan fingerprint density at radius 1 is 0.906 bits per heavy atom. The predicted octanol–water partition coefficient (Wildman–Crippen LogP) is 5.30. The van der Waals surface area contributed by atoms with Gasteiger partial charge in [0, 0.05) is 25.1 Å². The van der Waals surface area contributed by atoms with Gasteiger partial charge in [-0.05, 0) is 61.0 Å². The van der Waals surface area contributed by atoms with Gasteiger partial charge in [0.25, 0.3) is 0 Å². The fourth-order valence-corrected chi connectivity index (χ4v) is 3.39. The van der Waals surface area contributed by atoms with Crippen LogP contribution < -0.4 is 15.4 Å². The molecule has 0 atom stereocenters. The Hall–Kier alpha value is -4.46. The zero-order valence-corrected chi connectivity index (χ0v) is 17.6. The van der Waals surface area contributed by atoms with Gasteiger partial charge in [0.2, 0.25) is 17.8 Å².